The van der Waals surface area contributed by atoms with E-state index in [2.05, 4.69) is 9.36 Å². The highest BCUT2D eigenvalue weighted by Crippen LogP contribution is 2.42. The molecule has 1 aromatic heterocycles. The first-order valence-corrected chi connectivity index (χ1v) is 12.4. The van der Waals surface area contributed by atoms with Crippen molar-refractivity contribution in [3.05, 3.63) is 71.6 Å². The lowest BCUT2D eigenvalue weighted by atomic mass is 9.86. The number of rotatable bonds is 6. The Morgan fingerprint density at radius 2 is 1.85 bits per heavy atom. The van der Waals surface area contributed by atoms with Crippen LogP contribution in [0.15, 0.2) is 53.7 Å². The standard InChI is InChI=1S/C21H19F5N4O2S2/c22-16-10-19(34(31,32)29-20-27-12-28-33-20)17(23)8-14(16)11-30-7-6-15(21(24,25)26)9-18(30)13-4-2-1-3-5-13/h1-5,8,10,12,15,18H,6-7,9,11H2,(H,27,28,29)/t15?,18-/m0/s1. The molecule has 34 heavy (non-hydrogen) atoms. The van der Waals surface area contributed by atoms with E-state index in [9.17, 15) is 30.4 Å². The number of nitrogens with zero attached hydrogens (tertiary/aromatic N) is 3. The van der Waals surface area contributed by atoms with Crippen LogP contribution in [0.5, 0.6) is 0 Å². The van der Waals surface area contributed by atoms with Crippen LogP contribution < -0.4 is 4.72 Å². The maximum Gasteiger partial charge on any atom is 0.391 e. The number of benzene rings is 2. The Balaban J connectivity index is 1.60. The van der Waals surface area contributed by atoms with E-state index >= 15 is 0 Å². The molecule has 0 spiro atoms. The van der Waals surface area contributed by atoms with Gasteiger partial charge in [-0.3, -0.25) is 9.62 Å². The summed E-state index contributed by atoms with van der Waals surface area (Å²) in [4.78, 5) is 4.40. The molecule has 0 amide bonds. The summed E-state index contributed by atoms with van der Waals surface area (Å²) in [7, 11) is -4.46. The number of halogens is 5. The molecule has 1 N–H and O–H groups in total. The minimum Gasteiger partial charge on any atom is -0.292 e. The second kappa shape index (κ2) is 9.55. The second-order valence-corrected chi connectivity index (χ2v) is 10.3. The Morgan fingerprint density at radius 1 is 1.12 bits per heavy atom. The molecule has 2 atom stereocenters. The van der Waals surface area contributed by atoms with Gasteiger partial charge >= 0.3 is 6.18 Å². The maximum atomic E-state index is 14.9. The zero-order valence-electron chi connectivity index (χ0n) is 17.5. The van der Waals surface area contributed by atoms with Gasteiger partial charge < -0.3 is 0 Å². The van der Waals surface area contributed by atoms with Crippen LogP contribution in [0.25, 0.3) is 0 Å². The summed E-state index contributed by atoms with van der Waals surface area (Å²) in [5.41, 5.74) is 0.483. The van der Waals surface area contributed by atoms with Crippen LogP contribution in [0.1, 0.15) is 30.0 Å². The molecule has 182 valence electrons. The van der Waals surface area contributed by atoms with Gasteiger partial charge in [-0.25, -0.2) is 22.2 Å². The number of aromatic nitrogens is 2. The SMILES string of the molecule is O=S(=O)(Nc1ncns1)c1cc(F)c(CN2CCC(C(F)(F)F)C[C@H]2c2ccccc2)cc1F. The highest BCUT2D eigenvalue weighted by Gasteiger charge is 2.44. The van der Waals surface area contributed by atoms with Crippen LogP contribution in [0, 0.1) is 17.6 Å². The molecule has 0 radical (unpaired) electrons. The number of alkyl halides is 3. The number of sulfonamides is 1. The van der Waals surface area contributed by atoms with Crippen LogP contribution in [0.2, 0.25) is 0 Å². The quantitative estimate of drug-likeness (QED) is 0.458. The molecule has 1 aliphatic heterocycles. The second-order valence-electron chi connectivity index (χ2n) is 7.89. The molecule has 0 aliphatic carbocycles. The molecule has 3 aromatic rings. The van der Waals surface area contributed by atoms with Gasteiger partial charge in [-0.05, 0) is 37.1 Å². The lowest BCUT2D eigenvalue weighted by molar-refractivity contribution is -0.190. The summed E-state index contributed by atoms with van der Waals surface area (Å²) in [6.45, 7) is -0.166. The van der Waals surface area contributed by atoms with Crippen molar-refractivity contribution in [1.29, 1.82) is 0 Å². The van der Waals surface area contributed by atoms with Gasteiger partial charge in [0.15, 0.2) is 0 Å². The zero-order chi connectivity index (χ0) is 24.5. The van der Waals surface area contributed by atoms with Gasteiger partial charge in [0.25, 0.3) is 10.0 Å². The predicted octanol–water partition coefficient (Wildman–Crippen LogP) is 5.13. The van der Waals surface area contributed by atoms with Gasteiger partial charge in [-0.2, -0.15) is 17.5 Å². The number of hydrogen-bond acceptors (Lipinski definition) is 6. The van der Waals surface area contributed by atoms with E-state index in [0.29, 0.717) is 11.6 Å². The van der Waals surface area contributed by atoms with Crippen LogP contribution in [0.4, 0.5) is 27.1 Å². The maximum absolute atomic E-state index is 14.9. The van der Waals surface area contributed by atoms with Gasteiger partial charge in [-0.1, -0.05) is 30.3 Å². The number of nitrogens with one attached hydrogen (secondary N) is 1. The van der Waals surface area contributed by atoms with Crippen LogP contribution in [0.3, 0.4) is 0 Å². The van der Waals surface area contributed by atoms with Gasteiger partial charge in [0, 0.05) is 29.7 Å². The average Bonchev–Trinajstić information content (AvgIpc) is 3.28. The first-order chi connectivity index (χ1) is 16.0. The molecule has 1 fully saturated rings. The van der Waals surface area contributed by atoms with Crippen LogP contribution in [-0.4, -0.2) is 35.4 Å². The van der Waals surface area contributed by atoms with Crippen molar-refractivity contribution in [2.24, 2.45) is 5.92 Å². The molecule has 6 nitrogen and oxygen atoms in total. The monoisotopic (exact) mass is 518 g/mol. The average molecular weight is 519 g/mol. The Bertz CT molecular complexity index is 1240. The summed E-state index contributed by atoms with van der Waals surface area (Å²) in [5.74, 6) is -3.67. The normalized spacial score (nSPS) is 19.8. The first kappa shape index (κ1) is 24.5. The lowest BCUT2D eigenvalue weighted by Crippen LogP contribution is -2.41. The van der Waals surface area contributed by atoms with E-state index < -0.39 is 44.7 Å². The molecule has 1 saturated heterocycles. The largest absolute Gasteiger partial charge is 0.391 e. The third-order valence-electron chi connectivity index (χ3n) is 5.71. The fourth-order valence-corrected chi connectivity index (χ4v) is 5.76. The van der Waals surface area contributed by atoms with Crippen molar-refractivity contribution in [2.75, 3.05) is 11.3 Å². The van der Waals surface area contributed by atoms with E-state index in [-0.39, 0.29) is 36.6 Å². The number of likely N-dealkylation sites (tertiary alicyclic amines) is 1. The molecule has 0 bridgehead atoms. The summed E-state index contributed by atoms with van der Waals surface area (Å²) in [6, 6.07) is 9.21. The van der Waals surface area contributed by atoms with Gasteiger partial charge in [-0.15, -0.1) is 0 Å². The minimum atomic E-state index is -4.46. The highest BCUT2D eigenvalue weighted by molar-refractivity contribution is 7.93. The minimum absolute atomic E-state index is 0.0173. The van der Waals surface area contributed by atoms with Gasteiger partial charge in [0.05, 0.1) is 5.92 Å². The van der Waals surface area contributed by atoms with Crippen LogP contribution in [-0.2, 0) is 16.6 Å². The number of anilines is 1. The summed E-state index contributed by atoms with van der Waals surface area (Å²) < 4.78 is 100. The van der Waals surface area contributed by atoms with E-state index in [0.717, 1.165) is 23.9 Å². The third kappa shape index (κ3) is 5.36. The van der Waals surface area contributed by atoms with E-state index in [1.54, 1.807) is 35.2 Å². The molecule has 1 aliphatic rings. The lowest BCUT2D eigenvalue weighted by Gasteiger charge is -2.40. The highest BCUT2D eigenvalue weighted by atomic mass is 32.2. The Morgan fingerprint density at radius 3 is 2.50 bits per heavy atom. The van der Waals surface area contributed by atoms with Crippen molar-refractivity contribution in [1.82, 2.24) is 14.3 Å². The van der Waals surface area contributed by atoms with Crippen molar-refractivity contribution < 1.29 is 30.4 Å². The van der Waals surface area contributed by atoms with Crippen molar-refractivity contribution in [2.45, 2.75) is 36.5 Å². The summed E-state index contributed by atoms with van der Waals surface area (Å²) in [6.07, 6.45) is -3.63. The van der Waals surface area contributed by atoms with E-state index in [4.69, 9.17) is 0 Å². The van der Waals surface area contributed by atoms with E-state index in [1.807, 2.05) is 4.72 Å². The molecule has 13 heteroatoms. The molecular formula is C21H19F5N4O2S2. The fraction of sp³-hybridized carbons (Fsp3) is 0.333. The predicted molar refractivity (Wildman–Crippen MR) is 115 cm³/mol. The van der Waals surface area contributed by atoms with Crippen molar-refractivity contribution in [3.63, 3.8) is 0 Å². The smallest absolute Gasteiger partial charge is 0.292 e. The molecule has 1 unspecified atom stereocenters. The molecule has 2 heterocycles. The van der Waals surface area contributed by atoms with Gasteiger partial charge in [0.2, 0.25) is 5.13 Å². The fourth-order valence-electron chi connectivity index (χ4n) is 4.03. The van der Waals surface area contributed by atoms with E-state index in [1.165, 1.54) is 0 Å². The molecule has 4 rings (SSSR count). The number of piperidine rings is 1. The summed E-state index contributed by atoms with van der Waals surface area (Å²) >= 11 is 0.727. The number of hydrogen-bond donors (Lipinski definition) is 1. The summed E-state index contributed by atoms with van der Waals surface area (Å²) in [5, 5.41) is -0.109. The van der Waals surface area contributed by atoms with Gasteiger partial charge in [0.1, 0.15) is 22.9 Å². The van der Waals surface area contributed by atoms with Crippen molar-refractivity contribution in [3.8, 4) is 0 Å². The Hall–Kier alpha value is -2.64. The Kier molecular flexibility index (Phi) is 6.87. The van der Waals surface area contributed by atoms with Crippen molar-refractivity contribution >= 4 is 26.7 Å². The molecule has 2 aromatic carbocycles. The molecule has 0 saturated carbocycles. The Labute approximate surface area is 196 Å². The topological polar surface area (TPSA) is 75.2 Å². The molecular weight excluding hydrogens is 499 g/mol. The third-order valence-corrected chi connectivity index (χ3v) is 7.77. The first-order valence-electron chi connectivity index (χ1n) is 10.2. The zero-order valence-corrected chi connectivity index (χ0v) is 19.1. The van der Waals surface area contributed by atoms with Crippen LogP contribution >= 0.6 is 11.5 Å².